The number of thioether (sulfide) groups is 1. The van der Waals surface area contributed by atoms with E-state index in [1.165, 1.54) is 11.8 Å². The number of carbonyl (C=O) groups is 1. The molecular weight excluding hydrogens is 440 g/mol. The molecule has 0 aliphatic carbocycles. The molecule has 0 radical (unpaired) electrons. The number of aromatic nitrogens is 3. The molecule has 0 saturated heterocycles. The van der Waals surface area contributed by atoms with Crippen molar-refractivity contribution in [2.75, 3.05) is 11.1 Å². The Kier molecular flexibility index (Phi) is 6.49. The lowest BCUT2D eigenvalue weighted by molar-refractivity contribution is -0.113. The Morgan fingerprint density at radius 3 is 2.00 bits per heavy atom. The summed E-state index contributed by atoms with van der Waals surface area (Å²) in [5.74, 6) is 0.851. The smallest absolute Gasteiger partial charge is 0.234 e. The van der Waals surface area contributed by atoms with Crippen LogP contribution in [-0.2, 0) is 4.79 Å². The molecule has 5 aromatic rings. The van der Waals surface area contributed by atoms with Crippen LogP contribution in [0.1, 0.15) is 0 Å². The standard InChI is InChI=1S/C28H22N4OS/c33-26(29-25-19-11-10-18-24(25)21-12-4-1-5-13-21)20-34-28-31-30-27(22-14-6-2-7-15-22)32(28)23-16-8-3-9-17-23/h1-19H,20H2,(H,29,33). The van der Waals surface area contributed by atoms with Gasteiger partial charge in [0.05, 0.1) is 5.75 Å². The first-order chi connectivity index (χ1) is 16.8. The molecule has 0 aliphatic heterocycles. The highest BCUT2D eigenvalue weighted by molar-refractivity contribution is 7.99. The minimum atomic E-state index is -0.0998. The maximum absolute atomic E-state index is 12.9. The molecule has 34 heavy (non-hydrogen) atoms. The highest BCUT2D eigenvalue weighted by atomic mass is 32.2. The van der Waals surface area contributed by atoms with Gasteiger partial charge in [0.1, 0.15) is 0 Å². The van der Waals surface area contributed by atoms with Crippen molar-refractivity contribution in [2.45, 2.75) is 5.16 Å². The van der Waals surface area contributed by atoms with Gasteiger partial charge in [-0.05, 0) is 23.8 Å². The predicted octanol–water partition coefficient (Wildman–Crippen LogP) is 6.33. The van der Waals surface area contributed by atoms with Gasteiger partial charge >= 0.3 is 0 Å². The molecule has 1 N–H and O–H groups in total. The highest BCUT2D eigenvalue weighted by Gasteiger charge is 2.17. The Balaban J connectivity index is 1.37. The van der Waals surface area contributed by atoms with Crippen LogP contribution in [0.2, 0.25) is 0 Å². The van der Waals surface area contributed by atoms with Gasteiger partial charge in [0, 0.05) is 22.5 Å². The number of nitrogens with zero attached hydrogens (tertiary/aromatic N) is 3. The molecule has 0 saturated carbocycles. The number of hydrogen-bond acceptors (Lipinski definition) is 4. The van der Waals surface area contributed by atoms with Gasteiger partial charge in [-0.2, -0.15) is 0 Å². The zero-order valence-electron chi connectivity index (χ0n) is 18.3. The summed E-state index contributed by atoms with van der Waals surface area (Å²) in [6, 6.07) is 37.7. The van der Waals surface area contributed by atoms with Crippen molar-refractivity contribution in [3.8, 4) is 28.2 Å². The van der Waals surface area contributed by atoms with E-state index in [0.29, 0.717) is 5.16 Å². The van der Waals surface area contributed by atoms with E-state index >= 15 is 0 Å². The number of para-hydroxylation sites is 2. The minimum absolute atomic E-state index is 0.0998. The molecule has 0 spiro atoms. The minimum Gasteiger partial charge on any atom is -0.325 e. The van der Waals surface area contributed by atoms with Crippen LogP contribution >= 0.6 is 11.8 Å². The topological polar surface area (TPSA) is 59.8 Å². The molecule has 1 heterocycles. The molecule has 1 amide bonds. The Bertz CT molecular complexity index is 1390. The van der Waals surface area contributed by atoms with Crippen molar-refractivity contribution >= 4 is 23.4 Å². The third-order valence-corrected chi connectivity index (χ3v) is 6.23. The Labute approximate surface area is 202 Å². The van der Waals surface area contributed by atoms with Crippen LogP contribution in [0.15, 0.2) is 120 Å². The molecule has 6 heteroatoms. The molecule has 0 fully saturated rings. The summed E-state index contributed by atoms with van der Waals surface area (Å²) in [6.45, 7) is 0. The van der Waals surface area contributed by atoms with Crippen LogP contribution in [0.4, 0.5) is 5.69 Å². The van der Waals surface area contributed by atoms with Crippen LogP contribution in [0.5, 0.6) is 0 Å². The van der Waals surface area contributed by atoms with E-state index in [-0.39, 0.29) is 11.7 Å². The number of nitrogens with one attached hydrogen (secondary N) is 1. The lowest BCUT2D eigenvalue weighted by Gasteiger charge is -2.12. The fraction of sp³-hybridized carbons (Fsp3) is 0.0357. The maximum atomic E-state index is 12.9. The van der Waals surface area contributed by atoms with Crippen molar-refractivity contribution in [1.82, 2.24) is 14.8 Å². The van der Waals surface area contributed by atoms with Crippen LogP contribution < -0.4 is 5.32 Å². The summed E-state index contributed by atoms with van der Waals surface area (Å²) < 4.78 is 1.99. The van der Waals surface area contributed by atoms with Crippen molar-refractivity contribution in [3.63, 3.8) is 0 Å². The average Bonchev–Trinajstić information content (AvgIpc) is 3.33. The zero-order chi connectivity index (χ0) is 23.2. The number of anilines is 1. The number of carbonyl (C=O) groups excluding carboxylic acids is 1. The summed E-state index contributed by atoms with van der Waals surface area (Å²) in [4.78, 5) is 12.9. The monoisotopic (exact) mass is 462 g/mol. The van der Waals surface area contributed by atoms with Crippen molar-refractivity contribution < 1.29 is 4.79 Å². The van der Waals surface area contributed by atoms with Gasteiger partial charge in [-0.1, -0.05) is 109 Å². The van der Waals surface area contributed by atoms with E-state index in [2.05, 4.69) is 15.5 Å². The summed E-state index contributed by atoms with van der Waals surface area (Å²) in [5, 5.41) is 12.6. The van der Waals surface area contributed by atoms with Crippen LogP contribution in [0, 0.1) is 0 Å². The molecule has 5 rings (SSSR count). The maximum Gasteiger partial charge on any atom is 0.234 e. The largest absolute Gasteiger partial charge is 0.325 e. The summed E-state index contributed by atoms with van der Waals surface area (Å²) in [6.07, 6.45) is 0. The third kappa shape index (κ3) is 4.77. The number of rotatable bonds is 7. The Morgan fingerprint density at radius 1 is 0.706 bits per heavy atom. The molecule has 4 aromatic carbocycles. The second-order valence-corrected chi connectivity index (χ2v) is 8.53. The second-order valence-electron chi connectivity index (χ2n) is 7.59. The van der Waals surface area contributed by atoms with Gasteiger partial charge in [0.15, 0.2) is 11.0 Å². The fourth-order valence-corrected chi connectivity index (χ4v) is 4.48. The summed E-state index contributed by atoms with van der Waals surface area (Å²) in [5.41, 5.74) is 4.74. The van der Waals surface area contributed by atoms with E-state index < -0.39 is 0 Å². The van der Waals surface area contributed by atoms with Gasteiger partial charge < -0.3 is 5.32 Å². The average molecular weight is 463 g/mol. The second kappa shape index (κ2) is 10.2. The SMILES string of the molecule is O=C(CSc1nnc(-c2ccccc2)n1-c1ccccc1)Nc1ccccc1-c1ccccc1. The molecule has 0 atom stereocenters. The first-order valence-electron chi connectivity index (χ1n) is 10.9. The van der Waals surface area contributed by atoms with Crippen molar-refractivity contribution in [2.24, 2.45) is 0 Å². The lowest BCUT2D eigenvalue weighted by Crippen LogP contribution is -2.15. The normalized spacial score (nSPS) is 10.7. The quantitative estimate of drug-likeness (QED) is 0.287. The van der Waals surface area contributed by atoms with E-state index in [9.17, 15) is 4.79 Å². The number of benzene rings is 4. The highest BCUT2D eigenvalue weighted by Crippen LogP contribution is 2.30. The van der Waals surface area contributed by atoms with Gasteiger partial charge in [-0.25, -0.2) is 0 Å². The van der Waals surface area contributed by atoms with Crippen molar-refractivity contribution in [1.29, 1.82) is 0 Å². The first-order valence-corrected chi connectivity index (χ1v) is 11.9. The van der Waals surface area contributed by atoms with E-state index in [4.69, 9.17) is 0 Å². The van der Waals surface area contributed by atoms with E-state index in [1.807, 2.05) is 120 Å². The number of amides is 1. The Morgan fingerprint density at radius 2 is 1.29 bits per heavy atom. The van der Waals surface area contributed by atoms with Gasteiger partial charge in [-0.3, -0.25) is 9.36 Å². The Hall–Kier alpha value is -4.16. The van der Waals surface area contributed by atoms with E-state index in [1.54, 1.807) is 0 Å². The fourth-order valence-electron chi connectivity index (χ4n) is 3.73. The number of hydrogen-bond donors (Lipinski definition) is 1. The van der Waals surface area contributed by atoms with Crippen LogP contribution in [0.25, 0.3) is 28.2 Å². The molecule has 5 nitrogen and oxygen atoms in total. The summed E-state index contributed by atoms with van der Waals surface area (Å²) in [7, 11) is 0. The van der Waals surface area contributed by atoms with Gasteiger partial charge in [0.25, 0.3) is 0 Å². The molecule has 1 aromatic heterocycles. The van der Waals surface area contributed by atoms with Crippen molar-refractivity contribution in [3.05, 3.63) is 115 Å². The van der Waals surface area contributed by atoms with Crippen LogP contribution in [-0.4, -0.2) is 26.4 Å². The van der Waals surface area contributed by atoms with Gasteiger partial charge in [0.2, 0.25) is 5.91 Å². The summed E-state index contributed by atoms with van der Waals surface area (Å²) >= 11 is 1.36. The predicted molar refractivity (Wildman–Crippen MR) is 138 cm³/mol. The molecule has 0 unspecified atom stereocenters. The molecule has 0 aliphatic rings. The van der Waals surface area contributed by atoms with Gasteiger partial charge in [-0.15, -0.1) is 10.2 Å². The molecular formula is C28H22N4OS. The molecule has 0 bridgehead atoms. The lowest BCUT2D eigenvalue weighted by atomic mass is 10.0. The molecule has 166 valence electrons. The third-order valence-electron chi connectivity index (χ3n) is 5.30. The van der Waals surface area contributed by atoms with E-state index in [0.717, 1.165) is 33.9 Å². The first kappa shape index (κ1) is 21.7. The zero-order valence-corrected chi connectivity index (χ0v) is 19.2. The van der Waals surface area contributed by atoms with Crippen LogP contribution in [0.3, 0.4) is 0 Å².